The van der Waals surface area contributed by atoms with E-state index in [9.17, 15) is 0 Å². The zero-order chi connectivity index (χ0) is 15.2. The lowest BCUT2D eigenvalue weighted by molar-refractivity contribution is 0.318. The second-order valence-electron chi connectivity index (χ2n) is 4.52. The van der Waals surface area contributed by atoms with Crippen LogP contribution >= 0.6 is 11.8 Å². The van der Waals surface area contributed by atoms with Crippen LogP contribution in [0.4, 0.5) is 0 Å². The molecule has 3 aromatic rings. The molecule has 6 nitrogen and oxygen atoms in total. The fraction of sp³-hybridized carbons (Fsp3) is 0.200. The van der Waals surface area contributed by atoms with E-state index in [1.54, 1.807) is 30.2 Å². The summed E-state index contributed by atoms with van der Waals surface area (Å²) in [6.45, 7) is 0.654. The Balaban J connectivity index is 1.46. The first kappa shape index (κ1) is 14.5. The van der Waals surface area contributed by atoms with Gasteiger partial charge in [0.15, 0.2) is 5.76 Å². The SMILES string of the molecule is Nn1c(SCCCOc2ccccc2)nnc1-c1ccco1. The van der Waals surface area contributed by atoms with E-state index in [0.29, 0.717) is 23.3 Å². The minimum absolute atomic E-state index is 0.521. The molecule has 0 spiro atoms. The van der Waals surface area contributed by atoms with Gasteiger partial charge in [0.05, 0.1) is 12.9 Å². The van der Waals surface area contributed by atoms with Crippen LogP contribution in [0.2, 0.25) is 0 Å². The number of nitrogens with zero attached hydrogens (tertiary/aromatic N) is 3. The second kappa shape index (κ2) is 7.04. The summed E-state index contributed by atoms with van der Waals surface area (Å²) in [6.07, 6.45) is 2.47. The Kier molecular flexibility index (Phi) is 4.65. The van der Waals surface area contributed by atoms with Crippen molar-refractivity contribution in [2.75, 3.05) is 18.2 Å². The normalized spacial score (nSPS) is 10.7. The molecule has 0 radical (unpaired) electrons. The molecule has 2 aromatic heterocycles. The molecule has 0 saturated carbocycles. The van der Waals surface area contributed by atoms with Crippen molar-refractivity contribution in [2.24, 2.45) is 0 Å². The molecule has 0 saturated heterocycles. The maximum Gasteiger partial charge on any atom is 0.218 e. The molecule has 0 aliphatic rings. The van der Waals surface area contributed by atoms with E-state index in [4.69, 9.17) is 15.0 Å². The summed E-state index contributed by atoms with van der Waals surface area (Å²) in [7, 11) is 0. The maximum atomic E-state index is 5.98. The smallest absolute Gasteiger partial charge is 0.218 e. The molecule has 0 fully saturated rings. The van der Waals surface area contributed by atoms with Gasteiger partial charge in [-0.2, -0.15) is 0 Å². The summed E-state index contributed by atoms with van der Waals surface area (Å²) in [6, 6.07) is 13.4. The standard InChI is InChI=1S/C15H16N4O2S/c16-19-14(13-8-4-9-21-13)17-18-15(19)22-11-5-10-20-12-6-2-1-3-7-12/h1-4,6-9H,5,10-11,16H2. The molecular formula is C15H16N4O2S. The van der Waals surface area contributed by atoms with Gasteiger partial charge in [0, 0.05) is 5.75 Å². The molecule has 0 atom stereocenters. The molecule has 0 unspecified atom stereocenters. The number of ether oxygens (including phenoxy) is 1. The first-order valence-electron chi connectivity index (χ1n) is 6.89. The van der Waals surface area contributed by atoms with Crippen LogP contribution in [0.1, 0.15) is 6.42 Å². The van der Waals surface area contributed by atoms with Gasteiger partial charge in [-0.3, -0.25) is 0 Å². The van der Waals surface area contributed by atoms with Crippen LogP contribution < -0.4 is 10.6 Å². The number of thioether (sulfide) groups is 1. The van der Waals surface area contributed by atoms with Crippen LogP contribution in [0.3, 0.4) is 0 Å². The van der Waals surface area contributed by atoms with Crippen LogP contribution in [-0.4, -0.2) is 27.2 Å². The summed E-state index contributed by atoms with van der Waals surface area (Å²) >= 11 is 1.54. The van der Waals surface area contributed by atoms with Gasteiger partial charge in [0.1, 0.15) is 5.75 Å². The predicted molar refractivity (Wildman–Crippen MR) is 85.2 cm³/mol. The first-order valence-corrected chi connectivity index (χ1v) is 7.88. The molecule has 0 bridgehead atoms. The minimum Gasteiger partial charge on any atom is -0.494 e. The Morgan fingerprint density at radius 2 is 2.00 bits per heavy atom. The Labute approximate surface area is 132 Å². The van der Waals surface area contributed by atoms with Crippen molar-refractivity contribution < 1.29 is 9.15 Å². The lowest BCUT2D eigenvalue weighted by Gasteiger charge is -2.05. The molecule has 3 rings (SSSR count). The minimum atomic E-state index is 0.521. The number of nitrogen functional groups attached to an aromatic ring is 1. The topological polar surface area (TPSA) is 79.1 Å². The molecule has 0 amide bonds. The summed E-state index contributed by atoms with van der Waals surface area (Å²) in [5, 5.41) is 8.78. The third-order valence-electron chi connectivity index (χ3n) is 2.94. The van der Waals surface area contributed by atoms with Gasteiger partial charge in [0.2, 0.25) is 11.0 Å². The van der Waals surface area contributed by atoms with E-state index in [1.165, 1.54) is 4.68 Å². The molecule has 0 aliphatic heterocycles. The molecule has 114 valence electrons. The average Bonchev–Trinajstić information content (AvgIpc) is 3.18. The van der Waals surface area contributed by atoms with E-state index in [1.807, 2.05) is 30.3 Å². The maximum absolute atomic E-state index is 5.98. The number of nitrogens with two attached hydrogens (primary N) is 1. The van der Waals surface area contributed by atoms with Crippen LogP contribution in [0.15, 0.2) is 58.3 Å². The number of rotatable bonds is 7. The Bertz CT molecular complexity index is 698. The number of para-hydroxylation sites is 1. The molecule has 22 heavy (non-hydrogen) atoms. The van der Waals surface area contributed by atoms with E-state index in [-0.39, 0.29) is 0 Å². The third kappa shape index (κ3) is 3.43. The zero-order valence-corrected chi connectivity index (χ0v) is 12.7. The van der Waals surface area contributed by atoms with Crippen molar-refractivity contribution in [3.8, 4) is 17.3 Å². The fourth-order valence-corrected chi connectivity index (χ4v) is 2.65. The van der Waals surface area contributed by atoms with Crippen molar-refractivity contribution in [3.63, 3.8) is 0 Å². The van der Waals surface area contributed by atoms with Gasteiger partial charge < -0.3 is 15.0 Å². The van der Waals surface area contributed by atoms with Crippen molar-refractivity contribution in [1.29, 1.82) is 0 Å². The first-order chi connectivity index (χ1) is 10.8. The van der Waals surface area contributed by atoms with Crippen molar-refractivity contribution >= 4 is 11.8 Å². The van der Waals surface area contributed by atoms with Crippen molar-refractivity contribution in [3.05, 3.63) is 48.7 Å². The highest BCUT2D eigenvalue weighted by molar-refractivity contribution is 7.99. The Hall–Kier alpha value is -2.41. The molecule has 7 heteroatoms. The molecule has 2 N–H and O–H groups in total. The van der Waals surface area contributed by atoms with Gasteiger partial charge >= 0.3 is 0 Å². The van der Waals surface area contributed by atoms with E-state index in [2.05, 4.69) is 10.2 Å². The summed E-state index contributed by atoms with van der Waals surface area (Å²) < 4.78 is 12.4. The fourth-order valence-electron chi connectivity index (χ4n) is 1.88. The van der Waals surface area contributed by atoms with E-state index >= 15 is 0 Å². The quantitative estimate of drug-likeness (QED) is 0.410. The highest BCUT2D eigenvalue weighted by Gasteiger charge is 2.13. The largest absolute Gasteiger partial charge is 0.494 e. The van der Waals surface area contributed by atoms with Gasteiger partial charge in [0.25, 0.3) is 0 Å². The summed E-state index contributed by atoms with van der Waals surface area (Å²) in [5.41, 5.74) is 0. The number of furan rings is 1. The second-order valence-corrected chi connectivity index (χ2v) is 5.58. The summed E-state index contributed by atoms with van der Waals surface area (Å²) in [4.78, 5) is 0. The van der Waals surface area contributed by atoms with Crippen LogP contribution in [0.5, 0.6) is 5.75 Å². The van der Waals surface area contributed by atoms with Gasteiger partial charge in [-0.05, 0) is 30.7 Å². The Morgan fingerprint density at radius 1 is 1.14 bits per heavy atom. The van der Waals surface area contributed by atoms with Crippen molar-refractivity contribution in [2.45, 2.75) is 11.6 Å². The van der Waals surface area contributed by atoms with Crippen LogP contribution in [0, 0.1) is 0 Å². The zero-order valence-electron chi connectivity index (χ0n) is 11.9. The number of benzene rings is 1. The molecular weight excluding hydrogens is 300 g/mol. The van der Waals surface area contributed by atoms with E-state index in [0.717, 1.165) is 17.9 Å². The summed E-state index contributed by atoms with van der Waals surface area (Å²) in [5.74, 6) is 8.84. The van der Waals surface area contributed by atoms with Gasteiger partial charge in [-0.25, -0.2) is 4.68 Å². The van der Waals surface area contributed by atoms with E-state index < -0.39 is 0 Å². The lowest BCUT2D eigenvalue weighted by atomic mass is 10.3. The van der Waals surface area contributed by atoms with Crippen LogP contribution in [-0.2, 0) is 0 Å². The van der Waals surface area contributed by atoms with Gasteiger partial charge in [-0.1, -0.05) is 30.0 Å². The monoisotopic (exact) mass is 316 g/mol. The third-order valence-corrected chi connectivity index (χ3v) is 3.97. The average molecular weight is 316 g/mol. The molecule has 1 aromatic carbocycles. The number of hydrogen-bond donors (Lipinski definition) is 1. The highest BCUT2D eigenvalue weighted by atomic mass is 32.2. The van der Waals surface area contributed by atoms with Gasteiger partial charge in [-0.15, -0.1) is 10.2 Å². The predicted octanol–water partition coefficient (Wildman–Crippen LogP) is 2.81. The molecule has 0 aliphatic carbocycles. The number of aromatic nitrogens is 3. The Morgan fingerprint density at radius 3 is 2.77 bits per heavy atom. The molecule has 2 heterocycles. The lowest BCUT2D eigenvalue weighted by Crippen LogP contribution is -2.11. The number of hydrogen-bond acceptors (Lipinski definition) is 6. The highest BCUT2D eigenvalue weighted by Crippen LogP contribution is 2.22. The van der Waals surface area contributed by atoms with Crippen molar-refractivity contribution in [1.82, 2.24) is 14.9 Å². The van der Waals surface area contributed by atoms with Crippen LogP contribution in [0.25, 0.3) is 11.6 Å².